The van der Waals surface area contributed by atoms with Gasteiger partial charge in [0.1, 0.15) is 0 Å². The summed E-state index contributed by atoms with van der Waals surface area (Å²) >= 11 is 0.787. The molecule has 0 spiro atoms. The number of amides is 3. The molecule has 1 heterocycles. The van der Waals surface area contributed by atoms with Crippen LogP contribution in [-0.4, -0.2) is 28.1 Å². The van der Waals surface area contributed by atoms with E-state index in [4.69, 9.17) is 5.11 Å². The first-order valence-corrected chi connectivity index (χ1v) is 8.36. The molecular weight excluding hydrogens is 372 g/mol. The van der Waals surface area contributed by atoms with Crippen molar-refractivity contribution in [2.45, 2.75) is 0 Å². The van der Waals surface area contributed by atoms with E-state index in [2.05, 4.69) is 10.6 Å². The molecule has 1 saturated heterocycles. The number of carbonyl (C=O) groups excluding carboxylic acids is 3. The number of anilines is 1. The molecule has 0 saturated carbocycles. The molecule has 136 valence electrons. The molecule has 1 aliphatic heterocycles. The number of carbonyl (C=O) groups is 4. The molecule has 0 unspecified atom stereocenters. The van der Waals surface area contributed by atoms with Crippen molar-refractivity contribution in [1.29, 1.82) is 0 Å². The predicted octanol–water partition coefficient (Wildman–Crippen LogP) is 2.03. The maximum Gasteiger partial charge on any atom is 0.337 e. The molecule has 27 heavy (non-hydrogen) atoms. The van der Waals surface area contributed by atoms with Gasteiger partial charge in [0, 0.05) is 5.56 Å². The third-order valence-electron chi connectivity index (χ3n) is 3.58. The quantitative estimate of drug-likeness (QED) is 0.687. The van der Waals surface area contributed by atoms with Gasteiger partial charge in [0.15, 0.2) is 0 Å². The van der Waals surface area contributed by atoms with Crippen LogP contribution in [-0.2, 0) is 4.79 Å². The zero-order valence-corrected chi connectivity index (χ0v) is 14.3. The first-order chi connectivity index (χ1) is 12.8. The maximum atomic E-state index is 12.3. The monoisotopic (exact) mass is 383 g/mol. The molecule has 2 aromatic carbocycles. The summed E-state index contributed by atoms with van der Waals surface area (Å²) in [5.74, 6) is -2.84. The molecular formula is C18H11N2O6S-. The van der Waals surface area contributed by atoms with Crippen LogP contribution in [0.4, 0.5) is 10.5 Å². The third kappa shape index (κ3) is 4.15. The smallest absolute Gasteiger partial charge is 0.337 e. The van der Waals surface area contributed by atoms with Crippen molar-refractivity contribution >= 4 is 46.5 Å². The normalized spacial score (nSPS) is 14.9. The predicted molar refractivity (Wildman–Crippen MR) is 96.3 cm³/mol. The van der Waals surface area contributed by atoms with E-state index in [1.165, 1.54) is 24.3 Å². The van der Waals surface area contributed by atoms with E-state index in [-0.39, 0.29) is 21.7 Å². The lowest BCUT2D eigenvalue weighted by molar-refractivity contribution is -0.268. The molecule has 0 bridgehead atoms. The molecule has 9 heteroatoms. The van der Waals surface area contributed by atoms with Crippen molar-refractivity contribution in [3.05, 3.63) is 64.1 Å². The van der Waals surface area contributed by atoms with E-state index in [0.29, 0.717) is 5.56 Å². The Kier molecular flexibility index (Phi) is 4.95. The molecule has 3 rings (SSSR count). The Labute approximate surface area is 156 Å². The Morgan fingerprint density at radius 2 is 1.81 bits per heavy atom. The van der Waals surface area contributed by atoms with E-state index in [0.717, 1.165) is 23.9 Å². The summed E-state index contributed by atoms with van der Waals surface area (Å²) in [4.78, 5) is 46.4. The standard InChI is InChI=1S/C18H12N2O6S/c21-11-5-6-13(12(8-11)17(24)25)19-15(22)10-3-1-9(2-4-10)7-14-16(23)20-18(26)27-14/h1-8,21H,(H,19,22)(H,24,25)(H,20,23,26)/p-1/b14-7-. The van der Waals surface area contributed by atoms with Gasteiger partial charge in [-0.1, -0.05) is 24.3 Å². The zero-order valence-electron chi connectivity index (χ0n) is 13.5. The van der Waals surface area contributed by atoms with Crippen LogP contribution in [0.15, 0.2) is 47.4 Å². The number of carboxylic acid groups (broad SMARTS) is 1. The Hall–Kier alpha value is -3.59. The summed E-state index contributed by atoms with van der Waals surface area (Å²) in [6, 6.07) is 9.46. The van der Waals surface area contributed by atoms with Crippen LogP contribution in [0.1, 0.15) is 26.3 Å². The molecule has 0 atom stereocenters. The van der Waals surface area contributed by atoms with Gasteiger partial charge in [0.05, 0.1) is 16.2 Å². The molecule has 8 nitrogen and oxygen atoms in total. The lowest BCUT2D eigenvalue weighted by atomic mass is 10.1. The average Bonchev–Trinajstić information content (AvgIpc) is 2.94. The molecule has 0 radical (unpaired) electrons. The summed E-state index contributed by atoms with van der Waals surface area (Å²) in [6.07, 6.45) is 1.52. The third-order valence-corrected chi connectivity index (χ3v) is 4.39. The van der Waals surface area contributed by atoms with Gasteiger partial charge < -0.3 is 15.5 Å². The van der Waals surface area contributed by atoms with Gasteiger partial charge in [-0.3, -0.25) is 19.7 Å². The lowest BCUT2D eigenvalue weighted by Crippen LogP contribution is -2.17. The minimum atomic E-state index is -1.33. The molecule has 0 aromatic heterocycles. The average molecular weight is 383 g/mol. The molecule has 1 aliphatic rings. The van der Waals surface area contributed by atoms with Crippen LogP contribution in [0.3, 0.4) is 0 Å². The second-order valence-electron chi connectivity index (χ2n) is 5.44. The fourth-order valence-corrected chi connectivity index (χ4v) is 2.99. The van der Waals surface area contributed by atoms with Gasteiger partial charge >= 0.3 is 5.97 Å². The number of rotatable bonds is 4. The summed E-state index contributed by atoms with van der Waals surface area (Å²) in [5, 5.41) is 24.6. The van der Waals surface area contributed by atoms with Crippen LogP contribution in [0, 0.1) is 0 Å². The Morgan fingerprint density at radius 1 is 1.11 bits per heavy atom. The zero-order chi connectivity index (χ0) is 19.6. The van der Waals surface area contributed by atoms with Gasteiger partial charge in [-0.25, -0.2) is 4.79 Å². The summed E-state index contributed by atoms with van der Waals surface area (Å²) in [5.41, 5.74) is 0.571. The van der Waals surface area contributed by atoms with Crippen LogP contribution in [0.5, 0.6) is 5.75 Å². The van der Waals surface area contributed by atoms with Crippen molar-refractivity contribution in [3.63, 3.8) is 0 Å². The number of thioether (sulfide) groups is 1. The van der Waals surface area contributed by atoms with Crippen molar-refractivity contribution in [3.8, 4) is 5.75 Å². The number of hydrogen-bond acceptors (Lipinski definition) is 6. The van der Waals surface area contributed by atoms with E-state index in [1.54, 1.807) is 12.1 Å². The number of imide groups is 1. The van der Waals surface area contributed by atoms with Gasteiger partial charge in [-0.05, 0) is 41.6 Å². The van der Waals surface area contributed by atoms with Gasteiger partial charge in [-0.15, -0.1) is 5.75 Å². The molecule has 3 amide bonds. The number of hydrogen-bond donors (Lipinski definition) is 3. The van der Waals surface area contributed by atoms with E-state index < -0.39 is 28.8 Å². The van der Waals surface area contributed by atoms with E-state index in [9.17, 15) is 24.3 Å². The molecule has 3 N–H and O–H groups in total. The lowest BCUT2D eigenvalue weighted by Gasteiger charge is -2.12. The molecule has 2 aromatic rings. The minimum absolute atomic E-state index is 0.0100. The fourth-order valence-electron chi connectivity index (χ4n) is 2.31. The highest BCUT2D eigenvalue weighted by Gasteiger charge is 2.24. The highest BCUT2D eigenvalue weighted by Crippen LogP contribution is 2.26. The van der Waals surface area contributed by atoms with Crippen molar-refractivity contribution in [2.24, 2.45) is 0 Å². The fraction of sp³-hybridized carbons (Fsp3) is 0. The second kappa shape index (κ2) is 7.34. The van der Waals surface area contributed by atoms with E-state index >= 15 is 0 Å². The number of aromatic carboxylic acids is 1. The highest BCUT2D eigenvalue weighted by atomic mass is 32.2. The van der Waals surface area contributed by atoms with Gasteiger partial charge in [-0.2, -0.15) is 0 Å². The summed E-state index contributed by atoms with van der Waals surface area (Å²) in [6.45, 7) is 0. The van der Waals surface area contributed by atoms with Crippen molar-refractivity contribution in [2.75, 3.05) is 5.32 Å². The first-order valence-electron chi connectivity index (χ1n) is 7.54. The van der Waals surface area contributed by atoms with Crippen molar-refractivity contribution in [1.82, 2.24) is 5.32 Å². The summed E-state index contributed by atoms with van der Waals surface area (Å²) in [7, 11) is 0. The maximum absolute atomic E-state index is 12.3. The molecule has 1 fully saturated rings. The Bertz CT molecular complexity index is 997. The van der Waals surface area contributed by atoms with Crippen molar-refractivity contribution < 1.29 is 29.4 Å². The first kappa shape index (κ1) is 18.2. The minimum Gasteiger partial charge on any atom is -0.872 e. The second-order valence-corrected chi connectivity index (χ2v) is 6.46. The van der Waals surface area contributed by atoms with Gasteiger partial charge in [0.25, 0.3) is 17.1 Å². The molecule has 0 aliphatic carbocycles. The van der Waals surface area contributed by atoms with Crippen LogP contribution in [0.25, 0.3) is 6.08 Å². The largest absolute Gasteiger partial charge is 0.872 e. The number of nitrogens with one attached hydrogen (secondary N) is 2. The SMILES string of the molecule is O=C1NC(=O)/C(=C/c2ccc(C(=O)Nc3ccc([O-])cc3C(=O)O)cc2)S1. The number of carboxylic acids is 1. The topological polar surface area (TPSA) is 136 Å². The van der Waals surface area contributed by atoms with E-state index in [1.807, 2.05) is 0 Å². The van der Waals surface area contributed by atoms with Crippen LogP contribution < -0.4 is 15.7 Å². The summed E-state index contributed by atoms with van der Waals surface area (Å²) < 4.78 is 0. The number of benzene rings is 2. The highest BCUT2D eigenvalue weighted by molar-refractivity contribution is 8.18. The van der Waals surface area contributed by atoms with Crippen LogP contribution >= 0.6 is 11.8 Å². The van der Waals surface area contributed by atoms with Crippen LogP contribution in [0.2, 0.25) is 0 Å². The van der Waals surface area contributed by atoms with Gasteiger partial charge in [0.2, 0.25) is 0 Å². The Morgan fingerprint density at radius 3 is 2.41 bits per heavy atom. The Balaban J connectivity index is 1.77.